The molecule has 0 fully saturated rings. The second-order valence-corrected chi connectivity index (χ2v) is 6.72. The summed E-state index contributed by atoms with van der Waals surface area (Å²) in [5.74, 6) is -0.858. The molecule has 1 heterocycles. The van der Waals surface area contributed by atoms with Crippen LogP contribution in [0.4, 0.5) is 11.4 Å². The minimum absolute atomic E-state index is 0.0345. The van der Waals surface area contributed by atoms with Gasteiger partial charge in [0.15, 0.2) is 5.58 Å². The highest BCUT2D eigenvalue weighted by Crippen LogP contribution is 2.21. The number of aromatic nitrogens is 1. The quantitative estimate of drug-likeness (QED) is 0.665. The molecule has 0 aliphatic heterocycles. The number of carbonyl (C=O) groups is 1. The molecule has 0 aliphatic rings. The average molecular weight is 347 g/mol. The first kappa shape index (κ1) is 15.8. The van der Waals surface area contributed by atoms with E-state index in [1.807, 2.05) is 0 Å². The van der Waals surface area contributed by atoms with Crippen LogP contribution >= 0.6 is 0 Å². The molecule has 0 atom stereocenters. The Morgan fingerprint density at radius 3 is 2.42 bits per heavy atom. The van der Waals surface area contributed by atoms with Gasteiger partial charge in [-0.25, -0.2) is 13.2 Å². The summed E-state index contributed by atoms with van der Waals surface area (Å²) in [6.45, 7) is 1.36. The molecule has 3 rings (SSSR count). The van der Waals surface area contributed by atoms with Crippen molar-refractivity contribution < 1.29 is 17.6 Å². The van der Waals surface area contributed by atoms with Crippen molar-refractivity contribution >= 4 is 38.4 Å². The number of hydrogen-bond donors (Lipinski definition) is 3. The summed E-state index contributed by atoms with van der Waals surface area (Å²) in [5.41, 5.74) is 1.48. The van der Waals surface area contributed by atoms with Crippen molar-refractivity contribution in [2.24, 2.45) is 0 Å². The van der Waals surface area contributed by atoms with Gasteiger partial charge < -0.3 is 9.73 Å². The van der Waals surface area contributed by atoms with Gasteiger partial charge in [0.1, 0.15) is 0 Å². The number of oxazole rings is 1. The number of sulfonamides is 1. The van der Waals surface area contributed by atoms with Gasteiger partial charge >= 0.3 is 5.76 Å². The summed E-state index contributed by atoms with van der Waals surface area (Å²) in [6.07, 6.45) is 0. The largest absolute Gasteiger partial charge is 0.417 e. The normalized spacial score (nSPS) is 11.4. The topological polar surface area (TPSA) is 121 Å². The zero-order valence-electron chi connectivity index (χ0n) is 12.5. The second-order valence-electron chi connectivity index (χ2n) is 5.04. The third kappa shape index (κ3) is 3.30. The van der Waals surface area contributed by atoms with Crippen molar-refractivity contribution in [3.8, 4) is 0 Å². The van der Waals surface area contributed by atoms with Crippen molar-refractivity contribution in [1.29, 1.82) is 0 Å². The number of nitrogens with one attached hydrogen (secondary N) is 3. The minimum Gasteiger partial charge on any atom is -0.408 e. The number of benzene rings is 2. The number of amides is 1. The standard InChI is InChI=1S/C15H13N3O5S/c1-9(19)16-10-2-5-12(6-3-10)24(21,22)18-11-4-7-13-14(8-11)23-15(20)17-13/h2-8,18H,1H3,(H,16,19)(H,17,20). The average Bonchev–Trinajstić information content (AvgIpc) is 2.86. The van der Waals surface area contributed by atoms with E-state index in [1.54, 1.807) is 0 Å². The van der Waals surface area contributed by atoms with E-state index in [-0.39, 0.29) is 22.1 Å². The second kappa shape index (κ2) is 5.85. The van der Waals surface area contributed by atoms with Gasteiger partial charge in [-0.3, -0.25) is 14.5 Å². The molecule has 8 nitrogen and oxygen atoms in total. The fraction of sp³-hybridized carbons (Fsp3) is 0.0667. The molecular weight excluding hydrogens is 334 g/mol. The molecule has 0 radical (unpaired) electrons. The third-order valence-electron chi connectivity index (χ3n) is 3.16. The molecule has 3 aromatic rings. The summed E-state index contributed by atoms with van der Waals surface area (Å²) in [6, 6.07) is 10.2. The minimum atomic E-state index is -3.81. The molecule has 0 saturated carbocycles. The zero-order chi connectivity index (χ0) is 17.3. The summed E-state index contributed by atoms with van der Waals surface area (Å²) in [4.78, 5) is 24.6. The fourth-order valence-corrected chi connectivity index (χ4v) is 3.19. The Balaban J connectivity index is 1.86. The van der Waals surface area contributed by atoms with Gasteiger partial charge in [0.25, 0.3) is 10.0 Å². The number of carbonyl (C=O) groups excluding carboxylic acids is 1. The third-order valence-corrected chi connectivity index (χ3v) is 4.56. The van der Waals surface area contributed by atoms with Crippen LogP contribution < -0.4 is 15.8 Å². The highest BCUT2D eigenvalue weighted by Gasteiger charge is 2.15. The Morgan fingerprint density at radius 2 is 1.75 bits per heavy atom. The molecule has 0 aliphatic carbocycles. The van der Waals surface area contributed by atoms with Crippen LogP contribution in [0, 0.1) is 0 Å². The van der Waals surface area contributed by atoms with Crippen LogP contribution in [0.3, 0.4) is 0 Å². The molecule has 2 aromatic carbocycles. The molecule has 3 N–H and O–H groups in total. The zero-order valence-corrected chi connectivity index (χ0v) is 13.3. The SMILES string of the molecule is CC(=O)Nc1ccc(S(=O)(=O)Nc2ccc3[nH]c(=O)oc3c2)cc1. The Kier molecular flexibility index (Phi) is 3.86. The molecule has 0 spiro atoms. The van der Waals surface area contributed by atoms with Gasteiger partial charge in [-0.1, -0.05) is 0 Å². The van der Waals surface area contributed by atoms with Crippen LogP contribution in [0.5, 0.6) is 0 Å². The van der Waals surface area contributed by atoms with Crippen molar-refractivity contribution in [2.45, 2.75) is 11.8 Å². The molecule has 1 amide bonds. The van der Waals surface area contributed by atoms with Crippen molar-refractivity contribution in [3.05, 3.63) is 53.0 Å². The number of fused-ring (bicyclic) bond motifs is 1. The predicted molar refractivity (Wildman–Crippen MR) is 88.4 cm³/mol. The van der Waals surface area contributed by atoms with E-state index in [1.165, 1.54) is 49.4 Å². The lowest BCUT2D eigenvalue weighted by Crippen LogP contribution is -2.13. The summed E-state index contributed by atoms with van der Waals surface area (Å²) < 4.78 is 32.1. The number of hydrogen-bond acceptors (Lipinski definition) is 5. The smallest absolute Gasteiger partial charge is 0.408 e. The molecule has 0 saturated heterocycles. The number of aromatic amines is 1. The van der Waals surface area contributed by atoms with Gasteiger partial charge in [0, 0.05) is 18.7 Å². The van der Waals surface area contributed by atoms with Crippen molar-refractivity contribution in [1.82, 2.24) is 4.98 Å². The number of H-pyrrole nitrogens is 1. The van der Waals surface area contributed by atoms with Gasteiger partial charge in [-0.05, 0) is 36.4 Å². The van der Waals surface area contributed by atoms with Crippen molar-refractivity contribution in [3.63, 3.8) is 0 Å². The predicted octanol–water partition coefficient (Wildman–Crippen LogP) is 1.88. The summed E-state index contributed by atoms with van der Waals surface area (Å²) in [5, 5.41) is 2.56. The molecule has 0 unspecified atom stereocenters. The first-order chi connectivity index (χ1) is 11.3. The van der Waals surface area contributed by atoms with Gasteiger partial charge in [0.2, 0.25) is 5.91 Å². The van der Waals surface area contributed by atoms with Crippen LogP contribution in [-0.4, -0.2) is 19.3 Å². The number of anilines is 2. The molecule has 24 heavy (non-hydrogen) atoms. The molecule has 0 bridgehead atoms. The van der Waals surface area contributed by atoms with Gasteiger partial charge in [-0.2, -0.15) is 0 Å². The van der Waals surface area contributed by atoms with Gasteiger partial charge in [-0.15, -0.1) is 0 Å². The fourth-order valence-electron chi connectivity index (χ4n) is 2.14. The Hall–Kier alpha value is -3.07. The summed E-state index contributed by atoms with van der Waals surface area (Å²) >= 11 is 0. The maximum Gasteiger partial charge on any atom is 0.417 e. The van der Waals surface area contributed by atoms with Crippen LogP contribution in [0.15, 0.2) is 56.6 Å². The van der Waals surface area contributed by atoms with E-state index in [0.29, 0.717) is 11.2 Å². The first-order valence-electron chi connectivity index (χ1n) is 6.87. The first-order valence-corrected chi connectivity index (χ1v) is 8.35. The van der Waals surface area contributed by atoms with Gasteiger partial charge in [0.05, 0.1) is 16.1 Å². The van der Waals surface area contributed by atoms with Crippen LogP contribution in [0.2, 0.25) is 0 Å². The molecule has 9 heteroatoms. The Morgan fingerprint density at radius 1 is 1.08 bits per heavy atom. The molecule has 124 valence electrons. The monoisotopic (exact) mass is 347 g/mol. The highest BCUT2D eigenvalue weighted by molar-refractivity contribution is 7.92. The maximum atomic E-state index is 12.4. The lowest BCUT2D eigenvalue weighted by molar-refractivity contribution is -0.114. The van der Waals surface area contributed by atoms with Crippen LogP contribution in [0.25, 0.3) is 11.1 Å². The van der Waals surface area contributed by atoms with E-state index >= 15 is 0 Å². The number of rotatable bonds is 4. The Bertz CT molecular complexity index is 1060. The maximum absolute atomic E-state index is 12.4. The molecular formula is C15H13N3O5S. The van der Waals surface area contributed by atoms with E-state index in [4.69, 9.17) is 4.42 Å². The van der Waals surface area contributed by atoms with E-state index < -0.39 is 15.8 Å². The molecule has 1 aromatic heterocycles. The summed E-state index contributed by atoms with van der Waals surface area (Å²) in [7, 11) is -3.81. The van der Waals surface area contributed by atoms with E-state index in [2.05, 4.69) is 15.0 Å². The highest BCUT2D eigenvalue weighted by atomic mass is 32.2. The van der Waals surface area contributed by atoms with Crippen LogP contribution in [-0.2, 0) is 14.8 Å². The van der Waals surface area contributed by atoms with Crippen LogP contribution in [0.1, 0.15) is 6.92 Å². The van der Waals surface area contributed by atoms with E-state index in [0.717, 1.165) is 0 Å². The lowest BCUT2D eigenvalue weighted by Gasteiger charge is -2.09. The van der Waals surface area contributed by atoms with Crippen molar-refractivity contribution in [2.75, 3.05) is 10.0 Å². The lowest BCUT2D eigenvalue weighted by atomic mass is 10.3. The Labute approximate surface area is 136 Å². The van der Waals surface area contributed by atoms with E-state index in [9.17, 15) is 18.0 Å².